The Morgan fingerprint density at radius 1 is 0.931 bits per heavy atom. The van der Waals surface area contributed by atoms with E-state index in [0.29, 0.717) is 21.8 Å². The van der Waals surface area contributed by atoms with Crippen LogP contribution in [0.25, 0.3) is 0 Å². The van der Waals surface area contributed by atoms with Crippen molar-refractivity contribution in [1.29, 1.82) is 0 Å². The van der Waals surface area contributed by atoms with Crippen LogP contribution in [-0.4, -0.2) is 32.0 Å². The van der Waals surface area contributed by atoms with Gasteiger partial charge in [-0.2, -0.15) is 0 Å². The Hall–Kier alpha value is -2.24. The van der Waals surface area contributed by atoms with E-state index in [9.17, 15) is 9.59 Å². The van der Waals surface area contributed by atoms with Crippen LogP contribution < -0.4 is 15.5 Å². The van der Waals surface area contributed by atoms with Crippen molar-refractivity contribution >= 4 is 46.4 Å². The van der Waals surface area contributed by atoms with Crippen LogP contribution in [0.3, 0.4) is 0 Å². The van der Waals surface area contributed by atoms with Crippen molar-refractivity contribution < 1.29 is 9.59 Å². The number of amides is 2. The van der Waals surface area contributed by atoms with Crippen LogP contribution in [0.5, 0.6) is 0 Å². The maximum Gasteiger partial charge on any atom is 0.257 e. The van der Waals surface area contributed by atoms with Crippen LogP contribution >= 0.6 is 23.2 Å². The first kappa shape index (κ1) is 21.5. The lowest BCUT2D eigenvalue weighted by atomic mass is 9.95. The summed E-state index contributed by atoms with van der Waals surface area (Å²) < 4.78 is 0. The first-order chi connectivity index (χ1) is 13.8. The van der Waals surface area contributed by atoms with E-state index in [1.807, 2.05) is 25.1 Å². The van der Waals surface area contributed by atoms with Crippen LogP contribution in [0.15, 0.2) is 36.4 Å². The number of hydrogen-bond acceptors (Lipinski definition) is 3. The van der Waals surface area contributed by atoms with Crippen LogP contribution in [0, 0.1) is 0 Å². The molecular weight excluding hydrogens is 409 g/mol. The summed E-state index contributed by atoms with van der Waals surface area (Å²) in [5.41, 5.74) is 2.17. The number of anilines is 2. The van der Waals surface area contributed by atoms with Crippen LogP contribution in [0.2, 0.25) is 10.0 Å². The van der Waals surface area contributed by atoms with Gasteiger partial charge >= 0.3 is 0 Å². The van der Waals surface area contributed by atoms with Gasteiger partial charge in [0, 0.05) is 36.5 Å². The van der Waals surface area contributed by atoms with E-state index in [0.717, 1.165) is 31.4 Å². The van der Waals surface area contributed by atoms with E-state index in [4.69, 9.17) is 23.2 Å². The maximum atomic E-state index is 13.0. The van der Waals surface area contributed by atoms with Gasteiger partial charge in [0.2, 0.25) is 0 Å². The topological polar surface area (TPSA) is 61.4 Å². The van der Waals surface area contributed by atoms with Gasteiger partial charge in [0.25, 0.3) is 11.8 Å². The van der Waals surface area contributed by atoms with E-state index >= 15 is 0 Å². The second-order valence-corrected chi connectivity index (χ2v) is 8.36. The average Bonchev–Trinajstić information content (AvgIpc) is 2.68. The molecular formula is C22H25Cl2N3O2. The predicted molar refractivity (Wildman–Crippen MR) is 120 cm³/mol. The summed E-state index contributed by atoms with van der Waals surface area (Å²) in [5.74, 6) is -0.482. The lowest BCUT2D eigenvalue weighted by molar-refractivity contribution is 0.0927. The number of benzene rings is 2. The first-order valence-electron chi connectivity index (χ1n) is 9.74. The van der Waals surface area contributed by atoms with E-state index in [1.165, 1.54) is 12.5 Å². The minimum Gasteiger partial charge on any atom is -0.377 e. The second-order valence-electron chi connectivity index (χ2n) is 7.51. The first-order valence-corrected chi connectivity index (χ1v) is 10.5. The second kappa shape index (κ2) is 9.51. The molecule has 29 heavy (non-hydrogen) atoms. The molecule has 154 valence electrons. The van der Waals surface area contributed by atoms with Gasteiger partial charge in [-0.15, -0.1) is 0 Å². The molecule has 3 rings (SSSR count). The smallest absolute Gasteiger partial charge is 0.257 e. The molecule has 2 N–H and O–H groups in total. The molecule has 0 bridgehead atoms. The Morgan fingerprint density at radius 2 is 1.66 bits per heavy atom. The predicted octanol–water partition coefficient (Wildman–Crippen LogP) is 5.37. The number of halogens is 2. The number of rotatable bonds is 5. The zero-order valence-corrected chi connectivity index (χ0v) is 18.1. The minimum absolute atomic E-state index is 0.124. The maximum absolute atomic E-state index is 13.0. The molecule has 1 saturated carbocycles. The molecule has 0 radical (unpaired) electrons. The molecule has 0 atom stereocenters. The van der Waals surface area contributed by atoms with Gasteiger partial charge in [-0.1, -0.05) is 42.5 Å². The molecule has 1 fully saturated rings. The third-order valence-electron chi connectivity index (χ3n) is 5.10. The number of carbonyl (C=O) groups is 2. The summed E-state index contributed by atoms with van der Waals surface area (Å²) >= 11 is 12.0. The van der Waals surface area contributed by atoms with E-state index in [1.54, 1.807) is 24.3 Å². The van der Waals surface area contributed by atoms with Crippen molar-refractivity contribution in [3.05, 3.63) is 57.6 Å². The quantitative estimate of drug-likeness (QED) is 0.665. The molecule has 0 saturated heterocycles. The van der Waals surface area contributed by atoms with Gasteiger partial charge in [0.1, 0.15) is 0 Å². The summed E-state index contributed by atoms with van der Waals surface area (Å²) in [7, 11) is 3.77. The lowest BCUT2D eigenvalue weighted by Crippen LogP contribution is -2.36. The molecule has 0 spiro atoms. The summed E-state index contributed by atoms with van der Waals surface area (Å²) in [6.07, 6.45) is 5.53. The SMILES string of the molecule is CN(C)c1ccc(NC(=O)c2ccc(Cl)cc2Cl)cc1C(=O)NC1CCCCC1. The fourth-order valence-electron chi connectivity index (χ4n) is 3.57. The zero-order chi connectivity index (χ0) is 21.0. The summed E-state index contributed by atoms with van der Waals surface area (Å²) in [4.78, 5) is 27.5. The Bertz CT molecular complexity index is 909. The highest BCUT2D eigenvalue weighted by Gasteiger charge is 2.20. The molecule has 5 nitrogen and oxygen atoms in total. The Kier molecular flexibility index (Phi) is 7.04. The van der Waals surface area contributed by atoms with Gasteiger partial charge in [-0.3, -0.25) is 9.59 Å². The normalized spacial score (nSPS) is 14.3. The fourth-order valence-corrected chi connectivity index (χ4v) is 4.06. The Balaban J connectivity index is 1.82. The molecule has 0 aliphatic heterocycles. The van der Waals surface area contributed by atoms with Crippen molar-refractivity contribution in [1.82, 2.24) is 5.32 Å². The molecule has 7 heteroatoms. The van der Waals surface area contributed by atoms with Gasteiger partial charge < -0.3 is 15.5 Å². The van der Waals surface area contributed by atoms with Crippen molar-refractivity contribution in [2.45, 2.75) is 38.1 Å². The molecule has 2 aromatic carbocycles. The van der Waals surface area contributed by atoms with Crippen LogP contribution in [0.1, 0.15) is 52.8 Å². The number of nitrogens with zero attached hydrogens (tertiary/aromatic N) is 1. The highest BCUT2D eigenvalue weighted by molar-refractivity contribution is 6.37. The summed E-state index contributed by atoms with van der Waals surface area (Å²) in [6.45, 7) is 0. The molecule has 1 aliphatic carbocycles. The number of nitrogens with one attached hydrogen (secondary N) is 2. The highest BCUT2D eigenvalue weighted by Crippen LogP contribution is 2.26. The highest BCUT2D eigenvalue weighted by atomic mass is 35.5. The molecule has 0 aromatic heterocycles. The molecule has 1 aliphatic rings. The summed E-state index contributed by atoms with van der Waals surface area (Å²) in [6, 6.07) is 10.2. The Morgan fingerprint density at radius 3 is 2.31 bits per heavy atom. The van der Waals surface area contributed by atoms with E-state index in [-0.39, 0.29) is 22.9 Å². The Labute approximate surface area is 181 Å². The fraction of sp³-hybridized carbons (Fsp3) is 0.364. The molecule has 2 aromatic rings. The van der Waals surface area contributed by atoms with Crippen molar-refractivity contribution in [2.24, 2.45) is 0 Å². The third-order valence-corrected chi connectivity index (χ3v) is 5.64. The van der Waals surface area contributed by atoms with Gasteiger partial charge in [-0.05, 0) is 49.2 Å². The van der Waals surface area contributed by atoms with Gasteiger partial charge in [-0.25, -0.2) is 0 Å². The standard InChI is InChI=1S/C22H25Cl2N3O2/c1-27(2)20-11-9-16(26-21(28)17-10-8-14(23)12-19(17)24)13-18(20)22(29)25-15-6-4-3-5-7-15/h8-13,15H,3-7H2,1-2H3,(H,25,29)(H,26,28). The molecule has 2 amide bonds. The molecule has 0 unspecified atom stereocenters. The van der Waals surface area contributed by atoms with Crippen molar-refractivity contribution in [3.63, 3.8) is 0 Å². The monoisotopic (exact) mass is 433 g/mol. The summed E-state index contributed by atoms with van der Waals surface area (Å²) in [5, 5.41) is 6.70. The van der Waals surface area contributed by atoms with Gasteiger partial charge in [0.15, 0.2) is 0 Å². The van der Waals surface area contributed by atoms with E-state index < -0.39 is 0 Å². The van der Waals surface area contributed by atoms with Crippen molar-refractivity contribution in [3.8, 4) is 0 Å². The minimum atomic E-state index is -0.358. The van der Waals surface area contributed by atoms with Gasteiger partial charge in [0.05, 0.1) is 16.1 Å². The lowest BCUT2D eigenvalue weighted by Gasteiger charge is -2.24. The van der Waals surface area contributed by atoms with E-state index in [2.05, 4.69) is 10.6 Å². The third kappa shape index (κ3) is 5.43. The van der Waals surface area contributed by atoms with Crippen molar-refractivity contribution in [2.75, 3.05) is 24.3 Å². The van der Waals surface area contributed by atoms with Crippen LogP contribution in [0.4, 0.5) is 11.4 Å². The number of carbonyl (C=O) groups excluding carboxylic acids is 2. The average molecular weight is 434 g/mol. The zero-order valence-electron chi connectivity index (χ0n) is 16.6. The van der Waals surface area contributed by atoms with Crippen LogP contribution in [-0.2, 0) is 0 Å². The largest absolute Gasteiger partial charge is 0.377 e. The number of hydrogen-bond donors (Lipinski definition) is 2. The molecule has 0 heterocycles.